The van der Waals surface area contributed by atoms with E-state index < -0.39 is 22.0 Å². The molecule has 0 saturated carbocycles. The van der Waals surface area contributed by atoms with Crippen LogP contribution in [0, 0.1) is 0 Å². The van der Waals surface area contributed by atoms with Crippen molar-refractivity contribution in [1.29, 1.82) is 0 Å². The largest absolute Gasteiger partial charge is 0.480 e. The fraction of sp³-hybridized carbons (Fsp3) is 0.500. The maximum Gasteiger partial charge on any atom is 0.326 e. The average molecular weight is 354 g/mol. The number of nitrogens with zero attached hydrogens (tertiary/aromatic N) is 2. The summed E-state index contributed by atoms with van der Waals surface area (Å²) in [4.78, 5) is 25.1. The van der Waals surface area contributed by atoms with Crippen molar-refractivity contribution < 1.29 is 23.1 Å². The Kier molecular flexibility index (Phi) is 5.61. The standard InChI is InChI=1S/C16H22N2O5S/c1-3-17(4-2)24(22,23)13-9-7-12(8-10-13)15(19)18-11-5-6-14(18)16(20)21/h7-10,14H,3-6,11H2,1-2H3,(H,20,21). The minimum Gasteiger partial charge on any atom is -0.480 e. The molecule has 1 atom stereocenters. The molecular formula is C16H22N2O5S. The number of carbonyl (C=O) groups excluding carboxylic acids is 1. The number of hydrogen-bond acceptors (Lipinski definition) is 4. The number of hydrogen-bond donors (Lipinski definition) is 1. The molecule has 1 amide bonds. The summed E-state index contributed by atoms with van der Waals surface area (Å²) < 4.78 is 26.2. The number of aliphatic carboxylic acids is 1. The first-order valence-electron chi connectivity index (χ1n) is 7.96. The fourth-order valence-corrected chi connectivity index (χ4v) is 4.37. The Morgan fingerprint density at radius 1 is 1.21 bits per heavy atom. The lowest BCUT2D eigenvalue weighted by Gasteiger charge is -2.22. The van der Waals surface area contributed by atoms with Gasteiger partial charge in [0.25, 0.3) is 5.91 Å². The monoisotopic (exact) mass is 354 g/mol. The topological polar surface area (TPSA) is 95.0 Å². The van der Waals surface area contributed by atoms with Gasteiger partial charge in [0.05, 0.1) is 4.90 Å². The van der Waals surface area contributed by atoms with E-state index in [0.717, 1.165) is 0 Å². The number of likely N-dealkylation sites (tertiary alicyclic amines) is 1. The normalized spacial score (nSPS) is 18.1. The van der Waals surface area contributed by atoms with Gasteiger partial charge in [-0.3, -0.25) is 4.79 Å². The van der Waals surface area contributed by atoms with Crippen LogP contribution in [0.1, 0.15) is 37.0 Å². The van der Waals surface area contributed by atoms with Gasteiger partial charge in [0, 0.05) is 25.2 Å². The minimum absolute atomic E-state index is 0.124. The number of sulfonamides is 1. The molecule has 1 N–H and O–H groups in total. The van der Waals surface area contributed by atoms with E-state index in [-0.39, 0.29) is 10.8 Å². The second kappa shape index (κ2) is 7.31. The molecule has 1 fully saturated rings. The van der Waals surface area contributed by atoms with Gasteiger partial charge < -0.3 is 10.0 Å². The summed E-state index contributed by atoms with van der Waals surface area (Å²) in [6, 6.07) is 4.86. The molecular weight excluding hydrogens is 332 g/mol. The Morgan fingerprint density at radius 2 is 1.79 bits per heavy atom. The summed E-state index contributed by atoms with van der Waals surface area (Å²) in [6.07, 6.45) is 1.09. The van der Waals surface area contributed by atoms with Gasteiger partial charge in [-0.05, 0) is 37.1 Å². The van der Waals surface area contributed by atoms with Crippen molar-refractivity contribution in [2.45, 2.75) is 37.6 Å². The zero-order valence-corrected chi connectivity index (χ0v) is 14.6. The predicted molar refractivity (Wildman–Crippen MR) is 88.2 cm³/mol. The Bertz CT molecular complexity index is 710. The van der Waals surface area contributed by atoms with Gasteiger partial charge in [0.15, 0.2) is 0 Å². The number of benzene rings is 1. The van der Waals surface area contributed by atoms with Crippen LogP contribution < -0.4 is 0 Å². The average Bonchev–Trinajstić information content (AvgIpc) is 3.05. The first-order chi connectivity index (χ1) is 11.3. The van der Waals surface area contributed by atoms with Crippen molar-refractivity contribution in [2.75, 3.05) is 19.6 Å². The summed E-state index contributed by atoms with van der Waals surface area (Å²) in [5.41, 5.74) is 0.293. The fourth-order valence-electron chi connectivity index (χ4n) is 2.91. The Hall–Kier alpha value is -1.93. The van der Waals surface area contributed by atoms with Crippen molar-refractivity contribution in [2.24, 2.45) is 0 Å². The Morgan fingerprint density at radius 3 is 2.29 bits per heavy atom. The van der Waals surface area contributed by atoms with Gasteiger partial charge in [0.2, 0.25) is 10.0 Å². The summed E-state index contributed by atoms with van der Waals surface area (Å²) in [6.45, 7) is 4.66. The SMILES string of the molecule is CCN(CC)S(=O)(=O)c1ccc(C(=O)N2CCCC2C(=O)O)cc1. The Balaban J connectivity index is 2.23. The van der Waals surface area contributed by atoms with Crippen LogP contribution in [0.2, 0.25) is 0 Å². The molecule has 2 rings (SSSR count). The molecule has 0 radical (unpaired) electrons. The molecule has 1 unspecified atom stereocenters. The van der Waals surface area contributed by atoms with Crippen molar-refractivity contribution in [1.82, 2.24) is 9.21 Å². The third kappa shape index (κ3) is 3.44. The van der Waals surface area contributed by atoms with Crippen LogP contribution in [-0.4, -0.2) is 60.3 Å². The lowest BCUT2D eigenvalue weighted by Crippen LogP contribution is -2.40. The zero-order chi connectivity index (χ0) is 17.9. The van der Waals surface area contributed by atoms with E-state index in [9.17, 15) is 18.0 Å². The highest BCUT2D eigenvalue weighted by atomic mass is 32.2. The molecule has 1 aromatic carbocycles. The molecule has 1 heterocycles. The second-order valence-corrected chi connectivity index (χ2v) is 7.55. The highest BCUT2D eigenvalue weighted by Crippen LogP contribution is 2.22. The summed E-state index contributed by atoms with van der Waals surface area (Å²) in [5.74, 6) is -1.40. The van der Waals surface area contributed by atoms with Crippen LogP contribution in [0.15, 0.2) is 29.2 Å². The van der Waals surface area contributed by atoms with Crippen LogP contribution in [-0.2, 0) is 14.8 Å². The van der Waals surface area contributed by atoms with E-state index in [1.807, 2.05) is 0 Å². The molecule has 1 aliphatic heterocycles. The van der Waals surface area contributed by atoms with Gasteiger partial charge in [-0.2, -0.15) is 4.31 Å². The third-order valence-electron chi connectivity index (χ3n) is 4.24. The summed E-state index contributed by atoms with van der Waals surface area (Å²) in [5, 5.41) is 9.17. The van der Waals surface area contributed by atoms with E-state index in [1.54, 1.807) is 13.8 Å². The molecule has 132 valence electrons. The lowest BCUT2D eigenvalue weighted by atomic mass is 10.1. The molecule has 0 aliphatic carbocycles. The maximum absolute atomic E-state index is 12.5. The van der Waals surface area contributed by atoms with Gasteiger partial charge in [-0.25, -0.2) is 13.2 Å². The van der Waals surface area contributed by atoms with Gasteiger partial charge >= 0.3 is 5.97 Å². The molecule has 1 aromatic rings. The second-order valence-electron chi connectivity index (χ2n) is 5.61. The number of carboxylic acids is 1. The van der Waals surface area contributed by atoms with Gasteiger partial charge in [0.1, 0.15) is 6.04 Å². The molecule has 0 spiro atoms. The van der Waals surface area contributed by atoms with E-state index in [2.05, 4.69) is 0 Å². The molecule has 1 saturated heterocycles. The van der Waals surface area contributed by atoms with Crippen LogP contribution in [0.25, 0.3) is 0 Å². The van der Waals surface area contributed by atoms with Crippen molar-refractivity contribution in [3.8, 4) is 0 Å². The van der Waals surface area contributed by atoms with Crippen molar-refractivity contribution in [3.05, 3.63) is 29.8 Å². The van der Waals surface area contributed by atoms with Crippen LogP contribution >= 0.6 is 0 Å². The quantitative estimate of drug-likeness (QED) is 0.833. The highest BCUT2D eigenvalue weighted by molar-refractivity contribution is 7.89. The highest BCUT2D eigenvalue weighted by Gasteiger charge is 2.34. The summed E-state index contributed by atoms with van der Waals surface area (Å²) >= 11 is 0. The predicted octanol–water partition coefficient (Wildman–Crippen LogP) is 1.41. The molecule has 7 nitrogen and oxygen atoms in total. The molecule has 24 heavy (non-hydrogen) atoms. The zero-order valence-electron chi connectivity index (χ0n) is 13.8. The van der Waals surface area contributed by atoms with E-state index in [4.69, 9.17) is 5.11 Å². The molecule has 1 aliphatic rings. The van der Waals surface area contributed by atoms with E-state index >= 15 is 0 Å². The molecule has 0 bridgehead atoms. The maximum atomic E-state index is 12.5. The van der Waals surface area contributed by atoms with Crippen LogP contribution in [0.5, 0.6) is 0 Å². The first-order valence-corrected chi connectivity index (χ1v) is 9.40. The van der Waals surface area contributed by atoms with E-state index in [1.165, 1.54) is 33.5 Å². The number of rotatable bonds is 6. The van der Waals surface area contributed by atoms with E-state index in [0.29, 0.717) is 38.0 Å². The van der Waals surface area contributed by atoms with Crippen molar-refractivity contribution in [3.63, 3.8) is 0 Å². The number of amides is 1. The third-order valence-corrected chi connectivity index (χ3v) is 6.31. The lowest BCUT2D eigenvalue weighted by molar-refractivity contribution is -0.141. The van der Waals surface area contributed by atoms with Crippen LogP contribution in [0.3, 0.4) is 0 Å². The Labute approximate surface area is 141 Å². The number of carbonyl (C=O) groups is 2. The number of carboxylic acid groups (broad SMARTS) is 1. The minimum atomic E-state index is -3.57. The smallest absolute Gasteiger partial charge is 0.326 e. The first kappa shape index (κ1) is 18.4. The van der Waals surface area contributed by atoms with Crippen molar-refractivity contribution >= 4 is 21.9 Å². The van der Waals surface area contributed by atoms with Gasteiger partial charge in [-0.15, -0.1) is 0 Å². The van der Waals surface area contributed by atoms with Gasteiger partial charge in [-0.1, -0.05) is 13.8 Å². The molecule has 0 aromatic heterocycles. The van der Waals surface area contributed by atoms with Crippen LogP contribution in [0.4, 0.5) is 0 Å². The summed E-state index contributed by atoms with van der Waals surface area (Å²) in [7, 11) is -3.57. The molecule has 8 heteroatoms.